The van der Waals surface area contributed by atoms with Crippen molar-refractivity contribution in [2.75, 3.05) is 13.1 Å². The van der Waals surface area contributed by atoms with Crippen LogP contribution in [0.1, 0.15) is 58.4 Å². The van der Waals surface area contributed by atoms with E-state index in [4.69, 9.17) is 32.7 Å². The van der Waals surface area contributed by atoms with Crippen LogP contribution in [0.5, 0.6) is 11.5 Å². The summed E-state index contributed by atoms with van der Waals surface area (Å²) >= 11 is 15.9. The molecule has 2 aromatic carbocycles. The summed E-state index contributed by atoms with van der Waals surface area (Å²) in [5, 5.41) is 31.8. The molecule has 12 nitrogen and oxygen atoms in total. The van der Waals surface area contributed by atoms with Crippen LogP contribution in [0.4, 0.5) is 0 Å². The van der Waals surface area contributed by atoms with Gasteiger partial charge in [0.05, 0.1) is 45.5 Å². The monoisotopic (exact) mass is 915 g/mol. The average Bonchev–Trinajstić information content (AvgIpc) is 4.08. The Morgan fingerprint density at radius 3 is 1.69 bits per heavy atom. The van der Waals surface area contributed by atoms with Crippen molar-refractivity contribution in [3.8, 4) is 32.4 Å². The first-order valence-electron chi connectivity index (χ1n) is 18.8. The van der Waals surface area contributed by atoms with E-state index in [1.807, 2.05) is 42.5 Å². The molecule has 0 spiro atoms. The van der Waals surface area contributed by atoms with Gasteiger partial charge in [-0.05, 0) is 110 Å². The number of nitrogens with zero attached hydrogens (tertiary/aromatic N) is 4. The van der Waals surface area contributed by atoms with Gasteiger partial charge < -0.3 is 26.6 Å². The molecule has 2 aliphatic heterocycles. The zero-order valence-electron chi connectivity index (χ0n) is 34.9. The summed E-state index contributed by atoms with van der Waals surface area (Å²) in [6.45, 7) is 4.04. The molecule has 0 saturated carbocycles. The van der Waals surface area contributed by atoms with E-state index in [1.54, 1.807) is 74.0 Å². The Morgan fingerprint density at radius 1 is 0.790 bits per heavy atom. The number of halogens is 2. The number of hydrogen-bond donors (Lipinski definition) is 3. The number of ether oxygens (including phenoxy) is 2. The number of aliphatic hydroxyl groups excluding tert-OH is 1. The van der Waals surface area contributed by atoms with Crippen LogP contribution >= 0.6 is 45.9 Å². The third kappa shape index (κ3) is 12.7. The second-order valence-corrected chi connectivity index (χ2v) is 16.8. The zero-order chi connectivity index (χ0) is 42.2. The van der Waals surface area contributed by atoms with Crippen LogP contribution in [0.25, 0.3) is 33.0 Å². The van der Waals surface area contributed by atoms with E-state index in [9.17, 15) is 19.5 Å². The number of carbonyl (C=O) groups excluding carboxylic acids is 3. The van der Waals surface area contributed by atoms with Gasteiger partial charge in [0.2, 0.25) is 11.8 Å². The molecule has 6 aromatic rings. The summed E-state index contributed by atoms with van der Waals surface area (Å²) in [5.74, 6) is 0.907. The first kappa shape index (κ1) is 48.3. The number of thiophene rings is 2. The van der Waals surface area contributed by atoms with Gasteiger partial charge >= 0.3 is 29.6 Å². The van der Waals surface area contributed by atoms with Crippen molar-refractivity contribution in [2.24, 2.45) is 0 Å². The SMILES string of the molecule is CC(=O)c1ccc(-c2cc(Cl)c3c(c2)CC(CNC(=O)/C=C/c2cccnn2)O3)s1.CC(O)c1ccc(-c2cc(Cl)c3c(c2)CC(CNC(=O)/C=C/c2cccnn2)O3)s1.[B].[H-].[Na+]. The Kier molecular flexibility index (Phi) is 17.6. The quantitative estimate of drug-likeness (QED) is 0.0868. The van der Waals surface area contributed by atoms with Crippen LogP contribution in [-0.2, 0) is 22.4 Å². The summed E-state index contributed by atoms with van der Waals surface area (Å²) in [7, 11) is 0. The molecule has 0 bridgehead atoms. The zero-order valence-corrected chi connectivity index (χ0v) is 39.0. The molecule has 18 heteroatoms. The number of amides is 2. The molecule has 62 heavy (non-hydrogen) atoms. The van der Waals surface area contributed by atoms with Crippen LogP contribution in [0.2, 0.25) is 10.0 Å². The molecule has 2 aliphatic rings. The van der Waals surface area contributed by atoms with Gasteiger partial charge in [0.25, 0.3) is 0 Å². The summed E-state index contributed by atoms with van der Waals surface area (Å²) in [6.07, 6.45) is 9.63. The molecule has 6 heterocycles. The average molecular weight is 917 g/mol. The normalized spacial score (nSPS) is 15.2. The minimum atomic E-state index is -0.493. The minimum Gasteiger partial charge on any atom is -1.00 e. The van der Waals surface area contributed by atoms with E-state index in [0.717, 1.165) is 36.9 Å². The molecule has 3 atom stereocenters. The van der Waals surface area contributed by atoms with E-state index >= 15 is 0 Å². The van der Waals surface area contributed by atoms with Gasteiger partial charge in [0, 0.05) is 71.6 Å². The first-order chi connectivity index (χ1) is 29.0. The topological polar surface area (TPSA) is 166 Å². The maximum atomic E-state index is 12.1. The van der Waals surface area contributed by atoms with Crippen LogP contribution < -0.4 is 49.7 Å². The van der Waals surface area contributed by atoms with Crippen molar-refractivity contribution in [2.45, 2.75) is 45.0 Å². The summed E-state index contributed by atoms with van der Waals surface area (Å²) < 4.78 is 11.9. The van der Waals surface area contributed by atoms with E-state index < -0.39 is 6.10 Å². The molecule has 0 fully saturated rings. The van der Waals surface area contributed by atoms with E-state index in [-0.39, 0.29) is 69.2 Å². The smallest absolute Gasteiger partial charge is 1.00 e. The van der Waals surface area contributed by atoms with Gasteiger partial charge in [0.1, 0.15) is 23.7 Å². The van der Waals surface area contributed by atoms with Gasteiger partial charge in [-0.15, -0.1) is 22.7 Å². The van der Waals surface area contributed by atoms with Gasteiger partial charge in [-0.2, -0.15) is 20.4 Å². The van der Waals surface area contributed by atoms with Crippen molar-refractivity contribution in [3.05, 3.63) is 140 Å². The van der Waals surface area contributed by atoms with E-state index in [0.29, 0.717) is 63.7 Å². The number of ketones is 1. The van der Waals surface area contributed by atoms with Crippen molar-refractivity contribution < 1.29 is 59.9 Å². The molecular formula is C44H39BCl2N6NaO6S2. The number of nitrogens with one attached hydrogen (secondary N) is 2. The molecule has 2 amide bonds. The predicted molar refractivity (Wildman–Crippen MR) is 241 cm³/mol. The number of aromatic nitrogens is 4. The molecule has 3 radical (unpaired) electrons. The van der Waals surface area contributed by atoms with Crippen molar-refractivity contribution in [3.63, 3.8) is 0 Å². The van der Waals surface area contributed by atoms with Crippen molar-refractivity contribution >= 4 is 84.0 Å². The van der Waals surface area contributed by atoms with Gasteiger partial charge in [-0.25, -0.2) is 0 Å². The Hall–Kier alpha value is -4.71. The third-order valence-corrected chi connectivity index (χ3v) is 12.4. The fourth-order valence-corrected chi connectivity index (χ4v) is 8.76. The summed E-state index contributed by atoms with van der Waals surface area (Å²) in [6, 6.07) is 22.5. The Morgan fingerprint density at radius 2 is 1.27 bits per heavy atom. The number of Topliss-reactive ketones (excluding diaryl/α,β-unsaturated/α-hetero) is 1. The summed E-state index contributed by atoms with van der Waals surface area (Å²) in [4.78, 5) is 39.3. The number of benzene rings is 2. The molecule has 0 aliphatic carbocycles. The molecule has 3 unspecified atom stereocenters. The number of hydrogen-bond acceptors (Lipinski definition) is 12. The van der Waals surface area contributed by atoms with Crippen molar-refractivity contribution in [1.29, 1.82) is 0 Å². The molecule has 0 saturated heterocycles. The van der Waals surface area contributed by atoms with Gasteiger partial charge in [0.15, 0.2) is 5.78 Å². The van der Waals surface area contributed by atoms with Crippen molar-refractivity contribution in [1.82, 2.24) is 31.0 Å². The fourth-order valence-electron chi connectivity index (χ4n) is 6.38. The number of carbonyl (C=O) groups is 3. The van der Waals surface area contributed by atoms with E-state index in [2.05, 4.69) is 37.1 Å². The fraction of sp³-hybridized carbons (Fsp3) is 0.205. The largest absolute Gasteiger partial charge is 1.00 e. The molecule has 311 valence electrons. The Balaban J connectivity index is 0.000000264. The van der Waals surface area contributed by atoms with Crippen LogP contribution in [0.15, 0.2) is 97.3 Å². The standard InChI is InChI=1S/C22H20ClN3O3S.C22H18ClN3O3S.B.Na.H/c2*1-13(27)19-5-6-20(30-19)14-9-15-10-17(29-22(15)18(23)11-14)12-24-21(28)7-4-16-3-2-8-25-26-16;;;/h2-9,11,13,17,27H,10,12H2,1H3,(H,24,28);2-9,11,17H,10,12H2,1H3,(H,24,28);;;/q;;;+1;-1/b2*7-4+;;;. The number of rotatable bonds is 12. The maximum Gasteiger partial charge on any atom is 1.00 e. The Bertz CT molecular complexity index is 2580. The molecular weight excluding hydrogens is 877 g/mol. The first-order valence-corrected chi connectivity index (χ1v) is 21.2. The van der Waals surface area contributed by atoms with Gasteiger partial charge in [-0.1, -0.05) is 23.2 Å². The number of fused-ring (bicyclic) bond motifs is 2. The van der Waals surface area contributed by atoms with Crippen LogP contribution in [0.3, 0.4) is 0 Å². The van der Waals surface area contributed by atoms with Crippen LogP contribution in [-0.4, -0.2) is 76.8 Å². The minimum absolute atomic E-state index is 0. The maximum absolute atomic E-state index is 12.1. The third-order valence-electron chi connectivity index (χ3n) is 9.27. The van der Waals surface area contributed by atoms with Crippen LogP contribution in [0, 0.1) is 0 Å². The summed E-state index contributed by atoms with van der Waals surface area (Å²) in [5.41, 5.74) is 5.18. The number of aliphatic hydroxyl groups is 1. The second-order valence-electron chi connectivity index (χ2n) is 13.8. The predicted octanol–water partition coefficient (Wildman–Crippen LogP) is 4.97. The molecule has 8 rings (SSSR count). The van der Waals surface area contributed by atoms with E-state index in [1.165, 1.54) is 23.5 Å². The second kappa shape index (κ2) is 22.6. The Labute approximate surface area is 402 Å². The van der Waals surface area contributed by atoms with Gasteiger partial charge in [-0.3, -0.25) is 14.4 Å². The molecule has 4 aromatic heterocycles. The molecule has 3 N–H and O–H groups in total.